The van der Waals surface area contributed by atoms with Crippen LogP contribution in [0.25, 0.3) is 0 Å². The summed E-state index contributed by atoms with van der Waals surface area (Å²) >= 11 is 0. The highest BCUT2D eigenvalue weighted by Gasteiger charge is 2.16. The van der Waals surface area contributed by atoms with E-state index in [1.807, 2.05) is 6.07 Å². The summed E-state index contributed by atoms with van der Waals surface area (Å²) in [6.45, 7) is 0.402. The Kier molecular flexibility index (Phi) is 5.69. The molecule has 1 aromatic rings. The molecular weight excluding hydrogens is 282 g/mol. The molecule has 1 atom stereocenters. The topological polar surface area (TPSA) is 56.8 Å². The van der Waals surface area contributed by atoms with Gasteiger partial charge in [0.1, 0.15) is 5.75 Å². The Morgan fingerprint density at radius 3 is 2.41 bits per heavy atom. The molecule has 5 heteroatoms. The second kappa shape index (κ2) is 7.73. The summed E-state index contributed by atoms with van der Waals surface area (Å²) in [5.74, 6) is 2.30. The minimum Gasteiger partial charge on any atom is -0.496 e. The van der Waals surface area contributed by atoms with Gasteiger partial charge in [-0.05, 0) is 24.8 Å². The summed E-state index contributed by atoms with van der Waals surface area (Å²) < 4.78 is 15.9. The van der Waals surface area contributed by atoms with Gasteiger partial charge in [-0.2, -0.15) is 0 Å². The molecule has 0 heterocycles. The van der Waals surface area contributed by atoms with Crippen LogP contribution < -0.4 is 19.5 Å². The van der Waals surface area contributed by atoms with Crippen LogP contribution in [0, 0.1) is 5.92 Å². The average Bonchev–Trinajstić information content (AvgIpc) is 3.04. The quantitative estimate of drug-likeness (QED) is 0.787. The highest BCUT2D eigenvalue weighted by Crippen LogP contribution is 2.34. The molecule has 5 nitrogen and oxygen atoms in total. The van der Waals surface area contributed by atoms with E-state index in [1.54, 1.807) is 27.4 Å². The maximum atomic E-state index is 12.0. The molecule has 1 N–H and O–H groups in total. The molecule has 1 aliphatic rings. The first kappa shape index (κ1) is 16.2. The first-order valence-corrected chi connectivity index (χ1v) is 7.40. The number of methoxy groups -OCH3 is 3. The van der Waals surface area contributed by atoms with Crippen molar-refractivity contribution < 1.29 is 19.0 Å². The molecule has 22 heavy (non-hydrogen) atoms. The highest BCUT2D eigenvalue weighted by molar-refractivity contribution is 5.76. The van der Waals surface area contributed by atoms with Crippen LogP contribution in [0.1, 0.15) is 24.8 Å². The Labute approximate surface area is 131 Å². The number of ether oxygens (including phenoxy) is 3. The van der Waals surface area contributed by atoms with Gasteiger partial charge in [0.05, 0.1) is 21.3 Å². The van der Waals surface area contributed by atoms with Crippen LogP contribution in [-0.4, -0.2) is 27.2 Å². The standard InChI is InChI=1S/C17H23NO4/c1-20-14-10-16(22-3)15(21-2)9-13(14)11-18-17(19)8-12-6-4-5-7-12/h4,6,9-10,12H,5,7-8,11H2,1-3H3,(H,18,19). The maximum Gasteiger partial charge on any atom is 0.220 e. The van der Waals surface area contributed by atoms with E-state index in [4.69, 9.17) is 14.2 Å². The van der Waals surface area contributed by atoms with Gasteiger partial charge in [0.25, 0.3) is 0 Å². The number of allylic oxidation sites excluding steroid dienone is 2. The van der Waals surface area contributed by atoms with Crippen LogP contribution >= 0.6 is 0 Å². The molecule has 2 rings (SSSR count). The Bertz CT molecular complexity index is 554. The molecule has 0 bridgehead atoms. The van der Waals surface area contributed by atoms with Crippen molar-refractivity contribution >= 4 is 5.91 Å². The number of rotatable bonds is 7. The van der Waals surface area contributed by atoms with Crippen molar-refractivity contribution in [2.45, 2.75) is 25.8 Å². The number of hydrogen-bond acceptors (Lipinski definition) is 4. The maximum absolute atomic E-state index is 12.0. The van der Waals surface area contributed by atoms with Crippen LogP contribution in [0.4, 0.5) is 0 Å². The number of carbonyl (C=O) groups excluding carboxylic acids is 1. The second-order valence-corrected chi connectivity index (χ2v) is 5.27. The average molecular weight is 305 g/mol. The monoisotopic (exact) mass is 305 g/mol. The zero-order chi connectivity index (χ0) is 15.9. The zero-order valence-corrected chi connectivity index (χ0v) is 13.3. The third kappa shape index (κ3) is 3.93. The largest absolute Gasteiger partial charge is 0.496 e. The van der Waals surface area contributed by atoms with E-state index in [9.17, 15) is 4.79 Å². The van der Waals surface area contributed by atoms with Gasteiger partial charge >= 0.3 is 0 Å². The van der Waals surface area contributed by atoms with Gasteiger partial charge in [-0.1, -0.05) is 12.2 Å². The van der Waals surface area contributed by atoms with Crippen molar-refractivity contribution in [1.82, 2.24) is 5.32 Å². The van der Waals surface area contributed by atoms with E-state index in [0.717, 1.165) is 18.4 Å². The number of carbonyl (C=O) groups is 1. The first-order chi connectivity index (χ1) is 10.7. The fraction of sp³-hybridized carbons (Fsp3) is 0.471. The van der Waals surface area contributed by atoms with Crippen LogP contribution in [0.15, 0.2) is 24.3 Å². The van der Waals surface area contributed by atoms with E-state index >= 15 is 0 Å². The van der Waals surface area contributed by atoms with Crippen LogP contribution in [-0.2, 0) is 11.3 Å². The van der Waals surface area contributed by atoms with Crippen molar-refractivity contribution in [2.75, 3.05) is 21.3 Å². The predicted octanol–water partition coefficient (Wildman–Crippen LogP) is 2.68. The molecule has 0 aromatic heterocycles. The number of hydrogen-bond donors (Lipinski definition) is 1. The third-order valence-electron chi connectivity index (χ3n) is 3.82. The minimum absolute atomic E-state index is 0.0494. The molecule has 0 radical (unpaired) electrons. The lowest BCUT2D eigenvalue weighted by molar-refractivity contribution is -0.121. The summed E-state index contributed by atoms with van der Waals surface area (Å²) in [6, 6.07) is 3.59. The zero-order valence-electron chi connectivity index (χ0n) is 13.3. The minimum atomic E-state index is 0.0494. The molecule has 0 saturated carbocycles. The Morgan fingerprint density at radius 1 is 1.14 bits per heavy atom. The van der Waals surface area contributed by atoms with Crippen molar-refractivity contribution in [3.05, 3.63) is 29.8 Å². The lowest BCUT2D eigenvalue weighted by Gasteiger charge is -2.15. The molecule has 1 unspecified atom stereocenters. The summed E-state index contributed by atoms with van der Waals surface area (Å²) in [4.78, 5) is 12.0. The molecule has 0 saturated heterocycles. The summed E-state index contributed by atoms with van der Waals surface area (Å²) in [5, 5.41) is 2.94. The smallest absolute Gasteiger partial charge is 0.220 e. The van der Waals surface area contributed by atoms with Gasteiger partial charge in [0.2, 0.25) is 5.91 Å². The molecule has 1 amide bonds. The van der Waals surface area contributed by atoms with E-state index in [2.05, 4.69) is 17.5 Å². The summed E-state index contributed by atoms with van der Waals surface area (Å²) in [6.07, 6.45) is 6.92. The second-order valence-electron chi connectivity index (χ2n) is 5.27. The fourth-order valence-corrected chi connectivity index (χ4v) is 2.60. The van der Waals surface area contributed by atoms with Crippen molar-refractivity contribution in [2.24, 2.45) is 5.92 Å². The Balaban J connectivity index is 2.01. The molecule has 0 aliphatic heterocycles. The van der Waals surface area contributed by atoms with Gasteiger partial charge < -0.3 is 19.5 Å². The lowest BCUT2D eigenvalue weighted by atomic mass is 10.0. The van der Waals surface area contributed by atoms with Crippen molar-refractivity contribution in [3.8, 4) is 17.2 Å². The fourth-order valence-electron chi connectivity index (χ4n) is 2.60. The lowest BCUT2D eigenvalue weighted by Crippen LogP contribution is -2.24. The van der Waals surface area contributed by atoms with E-state index in [1.165, 1.54) is 0 Å². The predicted molar refractivity (Wildman–Crippen MR) is 84.4 cm³/mol. The van der Waals surface area contributed by atoms with E-state index in [0.29, 0.717) is 36.1 Å². The number of amides is 1. The molecule has 0 spiro atoms. The van der Waals surface area contributed by atoms with Crippen LogP contribution in [0.5, 0.6) is 17.2 Å². The Morgan fingerprint density at radius 2 is 1.82 bits per heavy atom. The van der Waals surface area contributed by atoms with Gasteiger partial charge in [-0.15, -0.1) is 0 Å². The van der Waals surface area contributed by atoms with Gasteiger partial charge in [0.15, 0.2) is 11.5 Å². The van der Waals surface area contributed by atoms with Crippen molar-refractivity contribution in [3.63, 3.8) is 0 Å². The molecular formula is C17H23NO4. The number of benzene rings is 1. The van der Waals surface area contributed by atoms with Crippen molar-refractivity contribution in [1.29, 1.82) is 0 Å². The van der Waals surface area contributed by atoms with E-state index < -0.39 is 0 Å². The number of nitrogens with one attached hydrogen (secondary N) is 1. The molecule has 0 fully saturated rings. The third-order valence-corrected chi connectivity index (χ3v) is 3.82. The summed E-state index contributed by atoms with van der Waals surface area (Å²) in [7, 11) is 4.75. The molecule has 120 valence electrons. The van der Waals surface area contributed by atoms with Crippen LogP contribution in [0.2, 0.25) is 0 Å². The van der Waals surface area contributed by atoms with Gasteiger partial charge in [-0.25, -0.2) is 0 Å². The van der Waals surface area contributed by atoms with Crippen LogP contribution in [0.3, 0.4) is 0 Å². The first-order valence-electron chi connectivity index (χ1n) is 7.40. The van der Waals surface area contributed by atoms with E-state index in [-0.39, 0.29) is 5.91 Å². The highest BCUT2D eigenvalue weighted by atomic mass is 16.5. The SMILES string of the molecule is COc1cc(OC)c(OC)cc1CNC(=O)CC1C=CCC1. The Hall–Kier alpha value is -2.17. The van der Waals surface area contributed by atoms with Gasteiger partial charge in [0, 0.05) is 24.6 Å². The molecule has 1 aromatic carbocycles. The normalized spacial score (nSPS) is 16.4. The molecule has 1 aliphatic carbocycles. The summed E-state index contributed by atoms with van der Waals surface area (Å²) in [5.41, 5.74) is 0.857. The van der Waals surface area contributed by atoms with Gasteiger partial charge in [-0.3, -0.25) is 4.79 Å².